The first-order valence-electron chi connectivity index (χ1n) is 6.34. The van der Waals surface area contributed by atoms with E-state index in [2.05, 4.69) is 0 Å². The minimum absolute atomic E-state index is 0.0992. The Hall–Kier alpha value is -2.11. The van der Waals surface area contributed by atoms with Gasteiger partial charge in [0, 0.05) is 0 Å². The molecule has 110 valence electrons. The average Bonchev–Trinajstić information content (AvgIpc) is 2.38. The Balaban J connectivity index is 3.62. The molecular weight excluding hydrogens is 265 g/mol. The highest BCUT2D eigenvalue weighted by molar-refractivity contribution is 6.05. The van der Waals surface area contributed by atoms with E-state index < -0.39 is 29.1 Å². The van der Waals surface area contributed by atoms with E-state index in [1.165, 1.54) is 12.1 Å². The first kappa shape index (κ1) is 15.9. The Morgan fingerprint density at radius 3 is 2.10 bits per heavy atom. The summed E-state index contributed by atoms with van der Waals surface area (Å²) in [5, 5.41) is 19.0. The van der Waals surface area contributed by atoms with Crippen LogP contribution in [0.25, 0.3) is 0 Å². The third kappa shape index (κ3) is 2.33. The number of hydrogen-bond acceptors (Lipinski definition) is 3. The van der Waals surface area contributed by atoms with Crippen LogP contribution in [0.5, 0.6) is 0 Å². The average molecular weight is 283 g/mol. The second kappa shape index (κ2) is 5.90. The number of carbonyl (C=O) groups is 2. The third-order valence-electron chi connectivity index (χ3n) is 3.73. The van der Waals surface area contributed by atoms with Crippen molar-refractivity contribution < 1.29 is 24.2 Å². The molecule has 0 atom stereocenters. The van der Waals surface area contributed by atoms with Crippen molar-refractivity contribution in [1.82, 2.24) is 0 Å². The molecule has 0 bridgehead atoms. The Bertz CT molecular complexity index is 512. The zero-order valence-corrected chi connectivity index (χ0v) is 11.4. The molecule has 20 heavy (non-hydrogen) atoms. The molecule has 5 nitrogen and oxygen atoms in total. The summed E-state index contributed by atoms with van der Waals surface area (Å²) in [5.74, 6) is -4.47. The molecule has 0 fully saturated rings. The Kier molecular flexibility index (Phi) is 4.70. The van der Waals surface area contributed by atoms with Gasteiger partial charge in [0.2, 0.25) is 0 Å². The molecule has 0 heterocycles. The number of benzene rings is 1. The number of anilines is 1. The quantitative estimate of drug-likeness (QED) is 0.549. The zero-order valence-electron chi connectivity index (χ0n) is 11.4. The topological polar surface area (TPSA) is 101 Å². The molecule has 0 aliphatic heterocycles. The molecule has 6 heteroatoms. The maximum Gasteiger partial charge on any atom is 0.325 e. The largest absolute Gasteiger partial charge is 0.480 e. The van der Waals surface area contributed by atoms with Crippen molar-refractivity contribution >= 4 is 17.6 Å². The molecule has 4 N–H and O–H groups in total. The van der Waals surface area contributed by atoms with Gasteiger partial charge in [0.25, 0.3) is 0 Å². The molecule has 0 amide bonds. The summed E-state index contributed by atoms with van der Waals surface area (Å²) in [7, 11) is 0. The second-order valence-corrected chi connectivity index (χ2v) is 4.67. The predicted molar refractivity (Wildman–Crippen MR) is 71.8 cm³/mol. The van der Waals surface area contributed by atoms with E-state index >= 15 is 0 Å². The van der Waals surface area contributed by atoms with Crippen LogP contribution >= 0.6 is 0 Å². The predicted octanol–water partition coefficient (Wildman–Crippen LogP) is 2.25. The number of halogens is 1. The summed E-state index contributed by atoms with van der Waals surface area (Å²) in [6, 6.07) is 3.35. The molecule has 0 unspecified atom stereocenters. The number of rotatable bonds is 6. The van der Waals surface area contributed by atoms with E-state index in [0.29, 0.717) is 12.8 Å². The smallest absolute Gasteiger partial charge is 0.325 e. The van der Waals surface area contributed by atoms with Gasteiger partial charge in [0.15, 0.2) is 5.41 Å². The summed E-state index contributed by atoms with van der Waals surface area (Å²) in [6.07, 6.45) is 0.697. The van der Waals surface area contributed by atoms with Crippen LogP contribution in [-0.2, 0) is 15.0 Å². The normalized spacial score (nSPS) is 11.6. The van der Waals surface area contributed by atoms with Gasteiger partial charge in [-0.3, -0.25) is 9.59 Å². The van der Waals surface area contributed by atoms with Gasteiger partial charge in [-0.1, -0.05) is 32.8 Å². The standard InChI is InChI=1S/C14H18FNO4/c1-3-8(4-2)14(12(17)18,13(19)20)9-5-6-11(16)10(15)7-9/h5-8H,3-4,16H2,1-2H3,(H,17,18)(H,19,20). The van der Waals surface area contributed by atoms with Crippen LogP contribution in [0.3, 0.4) is 0 Å². The van der Waals surface area contributed by atoms with Crippen molar-refractivity contribution in [2.45, 2.75) is 32.1 Å². The molecule has 1 aromatic carbocycles. The van der Waals surface area contributed by atoms with E-state index in [0.717, 1.165) is 6.07 Å². The summed E-state index contributed by atoms with van der Waals surface area (Å²) in [4.78, 5) is 23.4. The minimum Gasteiger partial charge on any atom is -0.480 e. The number of nitrogen functional groups attached to an aromatic ring is 1. The highest BCUT2D eigenvalue weighted by Gasteiger charge is 2.53. The van der Waals surface area contributed by atoms with Gasteiger partial charge in [-0.15, -0.1) is 0 Å². The summed E-state index contributed by atoms with van der Waals surface area (Å²) in [6.45, 7) is 3.42. The SMILES string of the molecule is CCC(CC)C(C(=O)O)(C(=O)O)c1ccc(N)c(F)c1. The van der Waals surface area contributed by atoms with Crippen molar-refractivity contribution in [1.29, 1.82) is 0 Å². The highest BCUT2D eigenvalue weighted by Crippen LogP contribution is 2.38. The van der Waals surface area contributed by atoms with Gasteiger partial charge in [-0.25, -0.2) is 4.39 Å². The van der Waals surface area contributed by atoms with E-state index in [4.69, 9.17) is 5.73 Å². The molecule has 1 aromatic rings. The second-order valence-electron chi connectivity index (χ2n) is 4.67. The van der Waals surface area contributed by atoms with Crippen LogP contribution in [0.4, 0.5) is 10.1 Å². The van der Waals surface area contributed by atoms with E-state index in [-0.39, 0.29) is 11.3 Å². The number of aliphatic carboxylic acids is 2. The van der Waals surface area contributed by atoms with Gasteiger partial charge < -0.3 is 15.9 Å². The molecule has 0 radical (unpaired) electrons. The fourth-order valence-electron chi connectivity index (χ4n) is 2.60. The van der Waals surface area contributed by atoms with Gasteiger partial charge in [0.05, 0.1) is 5.69 Å². The fraction of sp³-hybridized carbons (Fsp3) is 0.429. The van der Waals surface area contributed by atoms with Crippen LogP contribution in [0, 0.1) is 11.7 Å². The van der Waals surface area contributed by atoms with Crippen LogP contribution in [-0.4, -0.2) is 22.2 Å². The Morgan fingerprint density at radius 1 is 1.25 bits per heavy atom. The lowest BCUT2D eigenvalue weighted by atomic mass is 9.68. The first-order chi connectivity index (χ1) is 9.32. The molecule has 0 spiro atoms. The van der Waals surface area contributed by atoms with E-state index in [9.17, 15) is 24.2 Å². The van der Waals surface area contributed by atoms with Gasteiger partial charge in [0.1, 0.15) is 5.82 Å². The zero-order chi connectivity index (χ0) is 15.5. The number of carboxylic acid groups (broad SMARTS) is 2. The van der Waals surface area contributed by atoms with Crippen LogP contribution in [0.1, 0.15) is 32.3 Å². The van der Waals surface area contributed by atoms with E-state index in [1.54, 1.807) is 13.8 Å². The molecule has 0 aliphatic carbocycles. The molecule has 0 saturated heterocycles. The Labute approximate surface area is 116 Å². The maximum atomic E-state index is 13.6. The Morgan fingerprint density at radius 2 is 1.75 bits per heavy atom. The fourth-order valence-corrected chi connectivity index (χ4v) is 2.60. The summed E-state index contributed by atoms with van der Waals surface area (Å²) < 4.78 is 13.6. The first-order valence-corrected chi connectivity index (χ1v) is 6.34. The van der Waals surface area contributed by atoms with Crippen LogP contribution in [0.15, 0.2) is 18.2 Å². The molecule has 0 aromatic heterocycles. The highest BCUT2D eigenvalue weighted by atomic mass is 19.1. The number of hydrogen-bond donors (Lipinski definition) is 3. The summed E-state index contributed by atoms with van der Waals surface area (Å²) in [5.41, 5.74) is 2.94. The number of carboxylic acids is 2. The molecule has 0 saturated carbocycles. The molecule has 1 rings (SSSR count). The van der Waals surface area contributed by atoms with Crippen molar-refractivity contribution in [3.05, 3.63) is 29.6 Å². The van der Waals surface area contributed by atoms with Gasteiger partial charge in [-0.2, -0.15) is 0 Å². The third-order valence-corrected chi connectivity index (χ3v) is 3.73. The molecule has 0 aliphatic rings. The monoisotopic (exact) mass is 283 g/mol. The van der Waals surface area contributed by atoms with Crippen LogP contribution < -0.4 is 5.73 Å². The maximum absolute atomic E-state index is 13.6. The van der Waals surface area contributed by atoms with Gasteiger partial charge in [-0.05, 0) is 23.6 Å². The van der Waals surface area contributed by atoms with Crippen LogP contribution in [0.2, 0.25) is 0 Å². The van der Waals surface area contributed by atoms with Gasteiger partial charge >= 0.3 is 11.9 Å². The lowest BCUT2D eigenvalue weighted by molar-refractivity contribution is -0.161. The minimum atomic E-state index is -2.17. The summed E-state index contributed by atoms with van der Waals surface area (Å²) >= 11 is 0. The van der Waals surface area contributed by atoms with Crippen molar-refractivity contribution in [2.24, 2.45) is 5.92 Å². The van der Waals surface area contributed by atoms with Crippen molar-refractivity contribution in [3.63, 3.8) is 0 Å². The molecular formula is C14H18FNO4. The van der Waals surface area contributed by atoms with Crippen molar-refractivity contribution in [3.8, 4) is 0 Å². The number of nitrogens with two attached hydrogens (primary N) is 1. The van der Waals surface area contributed by atoms with E-state index in [1.807, 2.05) is 0 Å². The lowest BCUT2D eigenvalue weighted by Gasteiger charge is -2.33. The lowest BCUT2D eigenvalue weighted by Crippen LogP contribution is -2.49. The van der Waals surface area contributed by atoms with Crippen molar-refractivity contribution in [2.75, 3.05) is 5.73 Å².